The average molecular weight is 330 g/mol. The molecule has 1 aromatic carbocycles. The molecule has 0 amide bonds. The Morgan fingerprint density at radius 3 is 2.87 bits per heavy atom. The van der Waals surface area contributed by atoms with Gasteiger partial charge in [0.05, 0.1) is 16.8 Å². The van der Waals surface area contributed by atoms with Crippen LogP contribution in [0.25, 0.3) is 10.2 Å². The van der Waals surface area contributed by atoms with Gasteiger partial charge in [-0.3, -0.25) is 0 Å². The maximum atomic E-state index is 9.16. The fourth-order valence-electron chi connectivity index (χ4n) is 2.30. The van der Waals surface area contributed by atoms with Crippen LogP contribution >= 0.6 is 11.3 Å². The highest BCUT2D eigenvalue weighted by Gasteiger charge is 2.15. The summed E-state index contributed by atoms with van der Waals surface area (Å²) >= 11 is 1.54. The van der Waals surface area contributed by atoms with E-state index in [9.17, 15) is 0 Å². The quantitative estimate of drug-likeness (QED) is 0.637. The third kappa shape index (κ3) is 3.17. The highest BCUT2D eigenvalue weighted by Crippen LogP contribution is 2.32. The second-order valence-electron chi connectivity index (χ2n) is 4.87. The molecule has 7 nitrogen and oxygen atoms in total. The predicted molar refractivity (Wildman–Crippen MR) is 94.3 cm³/mol. The Morgan fingerprint density at radius 1 is 1.30 bits per heavy atom. The molecule has 3 rings (SSSR count). The second-order valence-corrected chi connectivity index (χ2v) is 5.91. The molecule has 23 heavy (non-hydrogen) atoms. The number of thiazole rings is 1. The van der Waals surface area contributed by atoms with Gasteiger partial charge in [0.2, 0.25) is 0 Å². The minimum Gasteiger partial charge on any atom is -0.395 e. The molecule has 0 fully saturated rings. The summed E-state index contributed by atoms with van der Waals surface area (Å²) < 4.78 is 1.10. The fourth-order valence-corrected chi connectivity index (χ4v) is 3.16. The normalized spacial score (nSPS) is 10.9. The van der Waals surface area contributed by atoms with Crippen molar-refractivity contribution < 1.29 is 5.11 Å². The molecular formula is C15H18N6OS. The molecule has 0 radical (unpaired) electrons. The Balaban J connectivity index is 1.90. The molecule has 2 aromatic heterocycles. The van der Waals surface area contributed by atoms with E-state index in [2.05, 4.69) is 20.3 Å². The van der Waals surface area contributed by atoms with Crippen molar-refractivity contribution in [1.82, 2.24) is 15.0 Å². The van der Waals surface area contributed by atoms with Crippen LogP contribution in [0.2, 0.25) is 0 Å². The molecule has 0 saturated heterocycles. The molecular weight excluding hydrogens is 312 g/mol. The van der Waals surface area contributed by atoms with Gasteiger partial charge in [0.1, 0.15) is 12.0 Å². The minimum absolute atomic E-state index is 0.0396. The summed E-state index contributed by atoms with van der Waals surface area (Å²) in [6.45, 7) is 3.19. The highest BCUT2D eigenvalue weighted by atomic mass is 32.1. The van der Waals surface area contributed by atoms with Crippen LogP contribution in [0.4, 0.5) is 22.5 Å². The largest absolute Gasteiger partial charge is 0.395 e. The Morgan fingerprint density at radius 2 is 2.13 bits per heavy atom. The summed E-state index contributed by atoms with van der Waals surface area (Å²) in [7, 11) is 0. The Bertz CT molecular complexity index is 773. The van der Waals surface area contributed by atoms with Gasteiger partial charge < -0.3 is 21.1 Å². The Kier molecular flexibility index (Phi) is 4.54. The van der Waals surface area contributed by atoms with Crippen molar-refractivity contribution >= 4 is 44.0 Å². The number of nitrogens with one attached hydrogen (secondary N) is 1. The van der Waals surface area contributed by atoms with Gasteiger partial charge in [-0.1, -0.05) is 23.5 Å². The summed E-state index contributed by atoms with van der Waals surface area (Å²) in [5, 5.41) is 13.0. The van der Waals surface area contributed by atoms with Crippen LogP contribution in [-0.2, 0) is 0 Å². The Labute approximate surface area is 137 Å². The number of likely N-dealkylation sites (N-methyl/N-ethyl adjacent to an activating group) is 1. The molecule has 0 bridgehead atoms. The van der Waals surface area contributed by atoms with E-state index in [0.717, 1.165) is 15.3 Å². The second kappa shape index (κ2) is 6.76. The van der Waals surface area contributed by atoms with E-state index in [1.54, 1.807) is 0 Å². The lowest BCUT2D eigenvalue weighted by molar-refractivity contribution is 0.302. The van der Waals surface area contributed by atoms with Crippen molar-refractivity contribution in [1.29, 1.82) is 0 Å². The molecule has 4 N–H and O–H groups in total. The summed E-state index contributed by atoms with van der Waals surface area (Å²) in [5.41, 5.74) is 7.58. The first-order valence-corrected chi connectivity index (χ1v) is 8.13. The van der Waals surface area contributed by atoms with Crippen LogP contribution in [0.3, 0.4) is 0 Å². The van der Waals surface area contributed by atoms with Crippen LogP contribution < -0.4 is 16.0 Å². The molecule has 0 atom stereocenters. The predicted octanol–water partition coefficient (Wildman–Crippen LogP) is 2.23. The van der Waals surface area contributed by atoms with Crippen LogP contribution in [0, 0.1) is 0 Å². The number of benzene rings is 1. The summed E-state index contributed by atoms with van der Waals surface area (Å²) in [6, 6.07) is 7.92. The molecule has 8 heteroatoms. The van der Waals surface area contributed by atoms with E-state index in [1.165, 1.54) is 17.7 Å². The number of fused-ring (bicyclic) bond motifs is 1. The number of nitrogen functional groups attached to an aromatic ring is 1. The average Bonchev–Trinajstić information content (AvgIpc) is 2.97. The first-order chi connectivity index (χ1) is 11.2. The zero-order valence-corrected chi connectivity index (χ0v) is 13.5. The molecule has 0 spiro atoms. The van der Waals surface area contributed by atoms with E-state index in [0.29, 0.717) is 30.4 Å². The van der Waals surface area contributed by atoms with E-state index >= 15 is 0 Å². The van der Waals surface area contributed by atoms with E-state index in [-0.39, 0.29) is 6.61 Å². The van der Waals surface area contributed by atoms with Gasteiger partial charge in [-0.15, -0.1) is 0 Å². The molecule has 0 aliphatic heterocycles. The lowest BCUT2D eigenvalue weighted by Gasteiger charge is -2.22. The van der Waals surface area contributed by atoms with Gasteiger partial charge >= 0.3 is 0 Å². The minimum atomic E-state index is 0.0396. The van der Waals surface area contributed by atoms with Gasteiger partial charge in [-0.05, 0) is 19.1 Å². The number of hydrogen-bond acceptors (Lipinski definition) is 8. The maximum Gasteiger partial charge on any atom is 0.189 e. The number of rotatable bonds is 6. The monoisotopic (exact) mass is 330 g/mol. The number of aromatic nitrogens is 3. The van der Waals surface area contributed by atoms with Crippen LogP contribution in [0.1, 0.15) is 6.92 Å². The summed E-state index contributed by atoms with van der Waals surface area (Å²) in [5.74, 6) is 1.13. The van der Waals surface area contributed by atoms with E-state index in [4.69, 9.17) is 10.8 Å². The highest BCUT2D eigenvalue weighted by molar-refractivity contribution is 7.22. The SMILES string of the molecule is CCN(CCO)c1ncnc(Nc2nc3ccccc3s2)c1N. The standard InChI is InChI=1S/C15H18N6OS/c1-2-21(7-8-22)14-12(16)13(17-9-18-14)20-15-19-10-5-3-4-6-11(10)23-15/h3-6,9,22H,2,7-8,16H2,1H3,(H,17,18,19,20). The zero-order chi connectivity index (χ0) is 16.2. The van der Waals surface area contributed by atoms with Crippen molar-refractivity contribution in [3.63, 3.8) is 0 Å². The van der Waals surface area contributed by atoms with Gasteiger partial charge in [0.25, 0.3) is 0 Å². The molecule has 0 unspecified atom stereocenters. The van der Waals surface area contributed by atoms with Gasteiger partial charge in [-0.25, -0.2) is 15.0 Å². The molecule has 0 saturated carbocycles. The molecule has 2 heterocycles. The maximum absolute atomic E-state index is 9.16. The lowest BCUT2D eigenvalue weighted by Crippen LogP contribution is -2.28. The molecule has 0 aliphatic rings. The lowest BCUT2D eigenvalue weighted by atomic mass is 10.3. The number of aliphatic hydroxyl groups excluding tert-OH is 1. The number of nitrogens with two attached hydrogens (primary N) is 1. The van der Waals surface area contributed by atoms with E-state index < -0.39 is 0 Å². The summed E-state index contributed by atoms with van der Waals surface area (Å²) in [6.07, 6.45) is 1.46. The van der Waals surface area contributed by atoms with E-state index in [1.807, 2.05) is 36.1 Å². The van der Waals surface area contributed by atoms with Crippen molar-refractivity contribution in [3.05, 3.63) is 30.6 Å². The van der Waals surface area contributed by atoms with Crippen molar-refractivity contribution in [2.75, 3.05) is 35.6 Å². The van der Waals surface area contributed by atoms with Crippen molar-refractivity contribution in [2.45, 2.75) is 6.92 Å². The number of para-hydroxylation sites is 1. The number of anilines is 4. The van der Waals surface area contributed by atoms with Crippen LogP contribution in [0.15, 0.2) is 30.6 Å². The zero-order valence-electron chi connectivity index (χ0n) is 12.7. The third-order valence-electron chi connectivity index (χ3n) is 3.43. The molecule has 3 aromatic rings. The van der Waals surface area contributed by atoms with Gasteiger partial charge in [0.15, 0.2) is 16.8 Å². The first-order valence-electron chi connectivity index (χ1n) is 7.31. The van der Waals surface area contributed by atoms with Crippen molar-refractivity contribution in [2.24, 2.45) is 0 Å². The fraction of sp³-hybridized carbons (Fsp3) is 0.267. The third-order valence-corrected chi connectivity index (χ3v) is 4.39. The molecule has 0 aliphatic carbocycles. The smallest absolute Gasteiger partial charge is 0.189 e. The topological polar surface area (TPSA) is 100 Å². The Hall–Kier alpha value is -2.45. The number of hydrogen-bond donors (Lipinski definition) is 3. The van der Waals surface area contributed by atoms with Gasteiger partial charge in [0, 0.05) is 13.1 Å². The summed E-state index contributed by atoms with van der Waals surface area (Å²) in [4.78, 5) is 14.9. The van der Waals surface area contributed by atoms with Crippen molar-refractivity contribution in [3.8, 4) is 0 Å². The van der Waals surface area contributed by atoms with Gasteiger partial charge in [-0.2, -0.15) is 0 Å². The van der Waals surface area contributed by atoms with Crippen LogP contribution in [0.5, 0.6) is 0 Å². The number of aliphatic hydroxyl groups is 1. The molecule has 120 valence electrons. The van der Waals surface area contributed by atoms with Crippen LogP contribution in [-0.4, -0.2) is 39.8 Å². The first kappa shape index (κ1) is 15.4. The number of nitrogens with zero attached hydrogens (tertiary/aromatic N) is 4.